The first-order chi connectivity index (χ1) is 12.7. The van der Waals surface area contributed by atoms with Crippen LogP contribution in [0.3, 0.4) is 0 Å². The Bertz CT molecular complexity index is 727. The fraction of sp³-hybridized carbons (Fsp3) is 0.421. The van der Waals surface area contributed by atoms with Crippen molar-refractivity contribution < 1.29 is 9.53 Å². The van der Waals surface area contributed by atoms with Gasteiger partial charge in [0.05, 0.1) is 6.61 Å². The Kier molecular flexibility index (Phi) is 6.01. The highest BCUT2D eigenvalue weighted by molar-refractivity contribution is 6.03. The van der Waals surface area contributed by atoms with Crippen molar-refractivity contribution in [3.63, 3.8) is 0 Å². The maximum atomic E-state index is 12.5. The number of hydrogen-bond donors (Lipinski definition) is 1. The average Bonchev–Trinajstić information content (AvgIpc) is 2.70. The Morgan fingerprint density at radius 1 is 1.12 bits per heavy atom. The highest BCUT2D eigenvalue weighted by Gasteiger charge is 2.18. The first kappa shape index (κ1) is 18.1. The molecule has 7 nitrogen and oxygen atoms in total. The van der Waals surface area contributed by atoms with Gasteiger partial charge >= 0.3 is 0 Å². The van der Waals surface area contributed by atoms with Crippen LogP contribution in [-0.2, 0) is 0 Å². The van der Waals surface area contributed by atoms with E-state index in [1.165, 1.54) is 6.33 Å². The van der Waals surface area contributed by atoms with Gasteiger partial charge in [-0.3, -0.25) is 4.79 Å². The fourth-order valence-corrected chi connectivity index (χ4v) is 2.93. The third kappa shape index (κ3) is 4.49. The van der Waals surface area contributed by atoms with Crippen molar-refractivity contribution in [3.05, 3.63) is 42.4 Å². The monoisotopic (exact) mass is 355 g/mol. The van der Waals surface area contributed by atoms with E-state index in [9.17, 15) is 4.79 Å². The second-order valence-electron chi connectivity index (χ2n) is 6.09. The molecule has 2 heterocycles. The van der Waals surface area contributed by atoms with Crippen molar-refractivity contribution in [2.24, 2.45) is 0 Å². The number of nitrogens with zero attached hydrogens (tertiary/aromatic N) is 4. The van der Waals surface area contributed by atoms with E-state index in [-0.39, 0.29) is 5.91 Å². The summed E-state index contributed by atoms with van der Waals surface area (Å²) in [7, 11) is 0. The standard InChI is InChI=1S/C19H25N5O2/c1-3-23-9-11-24(12-10-23)18-13-17(20-14-21-18)19(25)22-15-5-7-16(8-6-15)26-4-2/h5-8,13-14H,3-4,9-12H2,1-2H3,(H,22,25). The maximum Gasteiger partial charge on any atom is 0.274 e. The van der Waals surface area contributed by atoms with Crippen molar-refractivity contribution in [3.8, 4) is 5.75 Å². The number of anilines is 2. The van der Waals surface area contributed by atoms with Crippen molar-refractivity contribution in [1.82, 2.24) is 14.9 Å². The minimum atomic E-state index is -0.245. The fourth-order valence-electron chi connectivity index (χ4n) is 2.93. The van der Waals surface area contributed by atoms with Crippen molar-refractivity contribution in [2.75, 3.05) is 49.5 Å². The van der Waals surface area contributed by atoms with Crippen LogP contribution in [0.1, 0.15) is 24.3 Å². The Balaban J connectivity index is 1.64. The smallest absolute Gasteiger partial charge is 0.274 e. The van der Waals surface area contributed by atoms with E-state index in [2.05, 4.69) is 32.0 Å². The number of nitrogens with one attached hydrogen (secondary N) is 1. The van der Waals surface area contributed by atoms with Crippen LogP contribution in [0.2, 0.25) is 0 Å². The molecule has 1 aromatic carbocycles. The molecule has 1 N–H and O–H groups in total. The molecular weight excluding hydrogens is 330 g/mol. The Morgan fingerprint density at radius 2 is 1.85 bits per heavy atom. The second kappa shape index (κ2) is 8.62. The lowest BCUT2D eigenvalue weighted by Gasteiger charge is -2.34. The molecule has 138 valence electrons. The quantitative estimate of drug-likeness (QED) is 0.857. The molecule has 1 saturated heterocycles. The minimum absolute atomic E-state index is 0.245. The number of benzene rings is 1. The molecule has 1 aliphatic rings. The van der Waals surface area contributed by atoms with Crippen LogP contribution in [0.5, 0.6) is 5.75 Å². The zero-order chi connectivity index (χ0) is 18.4. The van der Waals surface area contributed by atoms with Gasteiger partial charge in [-0.1, -0.05) is 6.92 Å². The lowest BCUT2D eigenvalue weighted by atomic mass is 10.2. The third-order valence-corrected chi connectivity index (χ3v) is 4.45. The van der Waals surface area contributed by atoms with Crippen LogP contribution < -0.4 is 15.0 Å². The number of hydrogen-bond acceptors (Lipinski definition) is 6. The van der Waals surface area contributed by atoms with Gasteiger partial charge in [0.1, 0.15) is 23.6 Å². The molecule has 1 aliphatic heterocycles. The summed E-state index contributed by atoms with van der Waals surface area (Å²) in [5.74, 6) is 1.33. The van der Waals surface area contributed by atoms with E-state index in [1.807, 2.05) is 31.2 Å². The van der Waals surface area contributed by atoms with E-state index in [4.69, 9.17) is 4.74 Å². The van der Waals surface area contributed by atoms with Crippen LogP contribution >= 0.6 is 0 Å². The first-order valence-corrected chi connectivity index (χ1v) is 9.03. The lowest BCUT2D eigenvalue weighted by molar-refractivity contribution is 0.102. The largest absolute Gasteiger partial charge is 0.494 e. The molecule has 0 atom stereocenters. The van der Waals surface area contributed by atoms with E-state index < -0.39 is 0 Å². The number of piperazine rings is 1. The van der Waals surface area contributed by atoms with Crippen LogP contribution in [-0.4, -0.2) is 60.1 Å². The van der Waals surface area contributed by atoms with Gasteiger partial charge in [-0.15, -0.1) is 0 Å². The molecule has 0 saturated carbocycles. The molecule has 0 bridgehead atoms. The molecule has 26 heavy (non-hydrogen) atoms. The van der Waals surface area contributed by atoms with Gasteiger partial charge in [-0.05, 0) is 37.7 Å². The SMILES string of the molecule is CCOc1ccc(NC(=O)c2cc(N3CCN(CC)CC3)ncn2)cc1. The van der Waals surface area contributed by atoms with Gasteiger partial charge < -0.3 is 19.9 Å². The predicted molar refractivity (Wildman–Crippen MR) is 102 cm³/mol. The highest BCUT2D eigenvalue weighted by Crippen LogP contribution is 2.18. The number of ether oxygens (including phenoxy) is 1. The molecule has 2 aromatic rings. The molecule has 1 amide bonds. The number of carbonyl (C=O) groups is 1. The highest BCUT2D eigenvalue weighted by atomic mass is 16.5. The zero-order valence-corrected chi connectivity index (χ0v) is 15.3. The number of amides is 1. The summed E-state index contributed by atoms with van der Waals surface area (Å²) >= 11 is 0. The summed E-state index contributed by atoms with van der Waals surface area (Å²) in [6.45, 7) is 9.61. The lowest BCUT2D eigenvalue weighted by Crippen LogP contribution is -2.46. The summed E-state index contributed by atoms with van der Waals surface area (Å²) in [6, 6.07) is 9.05. The predicted octanol–water partition coefficient (Wildman–Crippen LogP) is 2.27. The summed E-state index contributed by atoms with van der Waals surface area (Å²) < 4.78 is 5.41. The Hall–Kier alpha value is -2.67. The zero-order valence-electron chi connectivity index (χ0n) is 15.3. The molecule has 0 aliphatic carbocycles. The molecule has 0 spiro atoms. The molecule has 7 heteroatoms. The van der Waals surface area contributed by atoms with Crippen LogP contribution in [0.25, 0.3) is 0 Å². The summed E-state index contributed by atoms with van der Waals surface area (Å²) in [4.78, 5) is 25.6. The van der Waals surface area contributed by atoms with Crippen LogP contribution in [0.4, 0.5) is 11.5 Å². The average molecular weight is 355 g/mol. The number of carbonyl (C=O) groups excluding carboxylic acids is 1. The second-order valence-corrected chi connectivity index (χ2v) is 6.09. The number of rotatable bonds is 6. The van der Waals surface area contributed by atoms with Crippen LogP contribution in [0, 0.1) is 0 Å². The Labute approximate surface area is 154 Å². The van der Waals surface area contributed by atoms with Crippen molar-refractivity contribution in [2.45, 2.75) is 13.8 Å². The maximum absolute atomic E-state index is 12.5. The molecule has 0 unspecified atom stereocenters. The summed E-state index contributed by atoms with van der Waals surface area (Å²) in [5, 5.41) is 2.86. The Morgan fingerprint density at radius 3 is 2.50 bits per heavy atom. The first-order valence-electron chi connectivity index (χ1n) is 9.03. The van der Waals surface area contributed by atoms with Gasteiger partial charge in [0, 0.05) is 37.9 Å². The van der Waals surface area contributed by atoms with Gasteiger partial charge in [-0.2, -0.15) is 0 Å². The summed E-state index contributed by atoms with van der Waals surface area (Å²) in [5.41, 5.74) is 1.07. The molecule has 0 radical (unpaired) electrons. The number of aromatic nitrogens is 2. The number of likely N-dealkylation sites (N-methyl/N-ethyl adjacent to an activating group) is 1. The van der Waals surface area contributed by atoms with Gasteiger partial charge in [0.15, 0.2) is 0 Å². The van der Waals surface area contributed by atoms with Crippen LogP contribution in [0.15, 0.2) is 36.7 Å². The van der Waals surface area contributed by atoms with Gasteiger partial charge in [-0.25, -0.2) is 9.97 Å². The molecule has 3 rings (SSSR count). The molecular formula is C19H25N5O2. The topological polar surface area (TPSA) is 70.6 Å². The van der Waals surface area contributed by atoms with Gasteiger partial charge in [0.25, 0.3) is 5.91 Å². The minimum Gasteiger partial charge on any atom is -0.494 e. The van der Waals surface area contributed by atoms with E-state index in [1.54, 1.807) is 6.07 Å². The van der Waals surface area contributed by atoms with E-state index >= 15 is 0 Å². The molecule has 1 aromatic heterocycles. The summed E-state index contributed by atoms with van der Waals surface area (Å²) in [6.07, 6.45) is 1.45. The van der Waals surface area contributed by atoms with Crippen molar-refractivity contribution >= 4 is 17.4 Å². The van der Waals surface area contributed by atoms with Gasteiger partial charge in [0.2, 0.25) is 0 Å². The molecule has 1 fully saturated rings. The van der Waals surface area contributed by atoms with E-state index in [0.29, 0.717) is 18.0 Å². The third-order valence-electron chi connectivity index (χ3n) is 4.45. The normalized spacial score (nSPS) is 14.9. The van der Waals surface area contributed by atoms with Crippen molar-refractivity contribution in [1.29, 1.82) is 0 Å². The van der Waals surface area contributed by atoms with E-state index in [0.717, 1.165) is 44.3 Å².